The molecule has 0 aliphatic heterocycles. The molecule has 0 unspecified atom stereocenters. The van der Waals surface area contributed by atoms with Crippen molar-refractivity contribution in [3.8, 4) is 0 Å². The quantitative estimate of drug-likeness (QED) is 0.521. The molecule has 0 amide bonds. The maximum Gasteiger partial charge on any atom is 1.00 e. The van der Waals surface area contributed by atoms with Gasteiger partial charge in [-0.05, 0) is 0 Å². The summed E-state index contributed by atoms with van der Waals surface area (Å²) in [5, 5.41) is 13.9. The van der Waals surface area contributed by atoms with Crippen molar-refractivity contribution in [2.75, 3.05) is 0 Å². The van der Waals surface area contributed by atoms with Gasteiger partial charge in [-0.1, -0.05) is 0 Å². The normalized spacial score (nSPS) is 2.67. The van der Waals surface area contributed by atoms with Gasteiger partial charge in [-0.3, -0.25) is 0 Å². The van der Waals surface area contributed by atoms with Crippen molar-refractivity contribution >= 4 is 43.4 Å². The van der Waals surface area contributed by atoms with E-state index in [-0.39, 0.29) is 85.3 Å². The van der Waals surface area contributed by atoms with Gasteiger partial charge in [0.2, 0.25) is 0 Å². The Hall–Kier alpha value is 1.66. The summed E-state index contributed by atoms with van der Waals surface area (Å²) in [7, 11) is 0. The van der Waals surface area contributed by atoms with Crippen LogP contribution in [0.1, 0.15) is 1.43 Å². The third kappa shape index (κ3) is 206. The van der Waals surface area contributed by atoms with Crippen LogP contribution < -0.4 is 29.6 Å². The number of carbonyl (C=O) groups is 1. The first-order chi connectivity index (χ1) is 1.73. The fraction of sp³-hybridized carbons (Fsp3) is 0. The number of carboxylic acid groups (broad SMARTS) is 2. The summed E-state index contributed by atoms with van der Waals surface area (Å²) in [4.78, 5) is 8.56. The summed E-state index contributed by atoms with van der Waals surface area (Å²) in [6.07, 6.45) is -1.83. The molecule has 0 fully saturated rings. The third-order valence-corrected chi connectivity index (χ3v) is 0. The van der Waals surface area contributed by atoms with E-state index in [0.717, 1.165) is 0 Å². The molecule has 9 heavy (non-hydrogen) atoms. The molecule has 8 heteroatoms. The Morgan fingerprint density at radius 3 is 1.11 bits per heavy atom. The van der Waals surface area contributed by atoms with Crippen LogP contribution in [0.3, 0.4) is 0 Å². The zero-order valence-electron chi connectivity index (χ0n) is 5.38. The van der Waals surface area contributed by atoms with Crippen molar-refractivity contribution in [3.63, 3.8) is 0 Å². The minimum Gasteiger partial charge on any atom is -1.00 e. The Balaban J connectivity index is -0.00000000300. The van der Waals surface area contributed by atoms with Gasteiger partial charge in [-0.2, -0.15) is 0 Å². The van der Waals surface area contributed by atoms with Gasteiger partial charge in [0.1, 0.15) is 0 Å². The smallest absolute Gasteiger partial charge is 1.00 e. The van der Waals surface area contributed by atoms with E-state index in [9.17, 15) is 0 Å². The maximum absolute atomic E-state index is 8.56. The van der Waals surface area contributed by atoms with Crippen molar-refractivity contribution in [1.82, 2.24) is 0 Å². The molecule has 0 atom stereocenters. The van der Waals surface area contributed by atoms with E-state index < -0.39 is 6.16 Å². The predicted octanol–water partition coefficient (Wildman–Crippen LogP) is -1.40. The minimum absolute atomic E-state index is 0. The second kappa shape index (κ2) is 33.4. The molecule has 0 aliphatic carbocycles. The molecule has 2 N–H and O–H groups in total. The molecule has 0 aliphatic rings. The van der Waals surface area contributed by atoms with Crippen LogP contribution in [0.4, 0.5) is 4.79 Å². The van der Waals surface area contributed by atoms with Crippen molar-refractivity contribution in [2.24, 2.45) is 0 Å². The zero-order valence-corrected chi connectivity index (χ0v) is 9.93. The van der Waals surface area contributed by atoms with Crippen LogP contribution in [0, 0.1) is 0 Å². The molecule has 0 saturated carbocycles. The van der Waals surface area contributed by atoms with Crippen molar-refractivity contribution in [3.05, 3.63) is 0 Å². The van der Waals surface area contributed by atoms with Crippen molar-refractivity contribution < 1.29 is 63.1 Å². The summed E-state index contributed by atoms with van der Waals surface area (Å²) in [5.41, 5.74) is 0. The summed E-state index contributed by atoms with van der Waals surface area (Å²) in [6.45, 7) is 0. The van der Waals surface area contributed by atoms with E-state index in [0.29, 0.717) is 0 Å². The first kappa shape index (κ1) is 45.8. The largest absolute Gasteiger partial charge is 1.00 e. The average Bonchev–Trinajstić information content (AvgIpc) is 0.811. The number of hydrogen-bond donors (Lipinski definition) is 2. The van der Waals surface area contributed by atoms with Crippen LogP contribution in [0.5, 0.6) is 0 Å². The van der Waals surface area contributed by atoms with Gasteiger partial charge in [-0.25, -0.2) is 4.79 Å². The molecule has 0 saturated heterocycles. The van der Waals surface area contributed by atoms with Crippen LogP contribution in [-0.4, -0.2) is 16.4 Å². The molecule has 0 heterocycles. The first-order valence-electron chi connectivity index (χ1n) is 0.651. The van der Waals surface area contributed by atoms with Crippen LogP contribution in [-0.2, 0) is 17.1 Å². The molecular weight excluding hydrogens is 245 g/mol. The molecule has 0 aromatic carbocycles. The molecule has 3 nitrogen and oxygen atoms in total. The Kier molecular flexibility index (Phi) is 170. The molecule has 0 rings (SSSR count). The predicted molar refractivity (Wildman–Crippen MR) is 33.5 cm³/mol. The minimum atomic E-state index is -1.83. The van der Waals surface area contributed by atoms with Gasteiger partial charge >= 0.3 is 35.7 Å². The van der Waals surface area contributed by atoms with E-state index in [1.54, 1.807) is 0 Å². The van der Waals surface area contributed by atoms with Gasteiger partial charge in [0.25, 0.3) is 0 Å². The summed E-state index contributed by atoms with van der Waals surface area (Å²) >= 11 is 0. The van der Waals surface area contributed by atoms with E-state index >= 15 is 0 Å². The third-order valence-electron chi connectivity index (χ3n) is 0. The summed E-state index contributed by atoms with van der Waals surface area (Å²) in [5.74, 6) is 0. The molecular formula is CH6Cl3FeNaO3. The van der Waals surface area contributed by atoms with Gasteiger partial charge in [0, 0.05) is 17.1 Å². The Bertz CT molecular complexity index is 46.7. The standard InChI is InChI=1S/CH2O3.3ClH.Fe.Na.H/c2-1(3)4;;;;;;/h(H2,2,3,4);3*1H;;;/q;;;;;+1;-1. The Morgan fingerprint density at radius 2 is 1.11 bits per heavy atom. The summed E-state index contributed by atoms with van der Waals surface area (Å²) < 4.78 is 0. The number of halogens is 3. The monoisotopic (exact) mass is 250 g/mol. The van der Waals surface area contributed by atoms with Crippen LogP contribution in [0.15, 0.2) is 0 Å². The second-order valence-corrected chi connectivity index (χ2v) is 0.283. The van der Waals surface area contributed by atoms with Gasteiger partial charge in [-0.15, -0.1) is 37.2 Å². The first-order valence-corrected chi connectivity index (χ1v) is 0.651. The van der Waals surface area contributed by atoms with E-state index in [2.05, 4.69) is 0 Å². The van der Waals surface area contributed by atoms with E-state index in [1.807, 2.05) is 0 Å². The van der Waals surface area contributed by atoms with Gasteiger partial charge < -0.3 is 11.6 Å². The molecule has 0 bridgehead atoms. The Morgan fingerprint density at radius 1 is 1.11 bits per heavy atom. The molecule has 0 aromatic rings. The van der Waals surface area contributed by atoms with E-state index in [1.165, 1.54) is 0 Å². The number of rotatable bonds is 0. The Labute approximate surface area is 105 Å². The van der Waals surface area contributed by atoms with Gasteiger partial charge in [0.05, 0.1) is 0 Å². The van der Waals surface area contributed by atoms with Crippen LogP contribution in [0.25, 0.3) is 0 Å². The molecule has 0 radical (unpaired) electrons. The molecule has 58 valence electrons. The van der Waals surface area contributed by atoms with Crippen molar-refractivity contribution in [1.29, 1.82) is 0 Å². The molecule has 0 aromatic heterocycles. The fourth-order valence-corrected chi connectivity index (χ4v) is 0. The van der Waals surface area contributed by atoms with E-state index in [4.69, 9.17) is 15.0 Å². The SMILES string of the molecule is Cl.Cl.Cl.O=C(O)O.[Fe].[H-].[Na+]. The van der Waals surface area contributed by atoms with Crippen LogP contribution in [0.2, 0.25) is 0 Å². The van der Waals surface area contributed by atoms with Crippen LogP contribution >= 0.6 is 37.2 Å². The summed E-state index contributed by atoms with van der Waals surface area (Å²) in [6, 6.07) is 0. The maximum atomic E-state index is 8.56. The van der Waals surface area contributed by atoms with Gasteiger partial charge in [0.15, 0.2) is 0 Å². The van der Waals surface area contributed by atoms with Crippen molar-refractivity contribution in [2.45, 2.75) is 0 Å². The second-order valence-electron chi connectivity index (χ2n) is 0.283. The molecule has 0 spiro atoms. The topological polar surface area (TPSA) is 57.5 Å². The number of hydrogen-bond acceptors (Lipinski definition) is 1. The average molecular weight is 251 g/mol. The fourth-order valence-electron chi connectivity index (χ4n) is 0. The zero-order chi connectivity index (χ0) is 3.58.